The fourth-order valence-corrected chi connectivity index (χ4v) is 2.55. The van der Waals surface area contributed by atoms with Crippen LogP contribution in [0.2, 0.25) is 0 Å². The summed E-state index contributed by atoms with van der Waals surface area (Å²) in [7, 11) is 0. The van der Waals surface area contributed by atoms with Crippen LogP contribution in [0, 0.1) is 6.92 Å². The van der Waals surface area contributed by atoms with E-state index in [9.17, 15) is 9.59 Å². The third kappa shape index (κ3) is 5.31. The minimum atomic E-state index is -0.885. The van der Waals surface area contributed by atoms with Crippen molar-refractivity contribution in [3.05, 3.63) is 71.3 Å². The Morgan fingerprint density at radius 3 is 2.35 bits per heavy atom. The second-order valence-electron chi connectivity index (χ2n) is 6.50. The van der Waals surface area contributed by atoms with Gasteiger partial charge in [-0.2, -0.15) is 0 Å². The SMILES string of the molecule is Cc1ccccc1/C=C/C(=O)O[C@H](C)C(=O)Nc1ccccc1C(C)C. The molecule has 1 atom stereocenters. The van der Waals surface area contributed by atoms with Crippen molar-refractivity contribution in [2.24, 2.45) is 0 Å². The average Bonchev–Trinajstić information content (AvgIpc) is 2.61. The van der Waals surface area contributed by atoms with Gasteiger partial charge in [-0.3, -0.25) is 4.79 Å². The zero-order valence-corrected chi connectivity index (χ0v) is 15.7. The molecule has 0 heterocycles. The molecule has 2 aromatic rings. The number of aryl methyl sites for hydroxylation is 1. The first-order chi connectivity index (χ1) is 12.4. The number of carbonyl (C=O) groups excluding carboxylic acids is 2. The van der Waals surface area contributed by atoms with Crippen LogP contribution in [0.3, 0.4) is 0 Å². The first-order valence-corrected chi connectivity index (χ1v) is 8.72. The summed E-state index contributed by atoms with van der Waals surface area (Å²) in [6.07, 6.45) is 2.15. The Balaban J connectivity index is 1.97. The van der Waals surface area contributed by atoms with E-state index < -0.39 is 12.1 Å². The maximum Gasteiger partial charge on any atom is 0.331 e. The molecule has 0 saturated carbocycles. The molecule has 1 amide bonds. The second-order valence-corrected chi connectivity index (χ2v) is 6.50. The number of nitrogens with one attached hydrogen (secondary N) is 1. The molecule has 26 heavy (non-hydrogen) atoms. The number of amides is 1. The number of para-hydroxylation sites is 1. The van der Waals surface area contributed by atoms with Crippen LogP contribution < -0.4 is 5.32 Å². The molecule has 136 valence electrons. The van der Waals surface area contributed by atoms with E-state index in [1.165, 1.54) is 6.08 Å². The number of benzene rings is 2. The van der Waals surface area contributed by atoms with Crippen molar-refractivity contribution in [1.82, 2.24) is 0 Å². The standard InChI is InChI=1S/C22H25NO3/c1-15(2)19-11-7-8-12-20(19)23-22(25)17(4)26-21(24)14-13-18-10-6-5-9-16(18)3/h5-15,17H,1-4H3,(H,23,25)/b14-13+/t17-/m1/s1. The van der Waals surface area contributed by atoms with Gasteiger partial charge >= 0.3 is 5.97 Å². The number of anilines is 1. The van der Waals surface area contributed by atoms with Gasteiger partial charge in [0.1, 0.15) is 0 Å². The van der Waals surface area contributed by atoms with E-state index >= 15 is 0 Å². The Labute approximate surface area is 154 Å². The van der Waals surface area contributed by atoms with Crippen LogP contribution in [-0.4, -0.2) is 18.0 Å². The summed E-state index contributed by atoms with van der Waals surface area (Å²) in [6, 6.07) is 15.3. The molecular weight excluding hydrogens is 326 g/mol. The topological polar surface area (TPSA) is 55.4 Å². The van der Waals surface area contributed by atoms with E-state index in [1.807, 2.05) is 55.5 Å². The van der Waals surface area contributed by atoms with Crippen LogP contribution in [0.5, 0.6) is 0 Å². The van der Waals surface area contributed by atoms with Gasteiger partial charge in [0.2, 0.25) is 0 Å². The second kappa shape index (κ2) is 8.99. The Kier molecular flexibility index (Phi) is 6.73. The first-order valence-electron chi connectivity index (χ1n) is 8.72. The minimum absolute atomic E-state index is 0.279. The van der Waals surface area contributed by atoms with E-state index in [1.54, 1.807) is 13.0 Å². The normalized spacial score (nSPS) is 12.2. The molecule has 0 aliphatic carbocycles. The van der Waals surface area contributed by atoms with E-state index in [-0.39, 0.29) is 11.8 Å². The van der Waals surface area contributed by atoms with Crippen LogP contribution in [0.1, 0.15) is 43.4 Å². The highest BCUT2D eigenvalue weighted by Gasteiger charge is 2.18. The summed E-state index contributed by atoms with van der Waals surface area (Å²) < 4.78 is 5.21. The van der Waals surface area contributed by atoms with Crippen LogP contribution >= 0.6 is 0 Å². The van der Waals surface area contributed by atoms with Crippen LogP contribution in [0.15, 0.2) is 54.6 Å². The molecule has 0 aromatic heterocycles. The molecule has 0 saturated heterocycles. The maximum absolute atomic E-state index is 12.3. The maximum atomic E-state index is 12.3. The summed E-state index contributed by atoms with van der Waals surface area (Å²) in [6.45, 7) is 7.65. The lowest BCUT2D eigenvalue weighted by Gasteiger charge is -2.16. The third-order valence-electron chi connectivity index (χ3n) is 4.09. The van der Waals surface area contributed by atoms with Gasteiger partial charge in [-0.1, -0.05) is 56.3 Å². The Hall–Kier alpha value is -2.88. The molecule has 0 aliphatic rings. The van der Waals surface area contributed by atoms with Crippen molar-refractivity contribution in [3.63, 3.8) is 0 Å². The van der Waals surface area contributed by atoms with E-state index in [4.69, 9.17) is 4.74 Å². The van der Waals surface area contributed by atoms with E-state index in [2.05, 4.69) is 19.2 Å². The predicted octanol–water partition coefficient (Wildman–Crippen LogP) is 4.70. The molecule has 0 fully saturated rings. The summed E-state index contributed by atoms with van der Waals surface area (Å²) in [5, 5.41) is 2.84. The predicted molar refractivity (Wildman–Crippen MR) is 105 cm³/mol. The first kappa shape index (κ1) is 19.4. The monoisotopic (exact) mass is 351 g/mol. The zero-order valence-electron chi connectivity index (χ0n) is 15.7. The number of rotatable bonds is 6. The van der Waals surface area contributed by atoms with Gasteiger partial charge in [0.25, 0.3) is 5.91 Å². The highest BCUT2D eigenvalue weighted by Crippen LogP contribution is 2.23. The molecular formula is C22H25NO3. The van der Waals surface area contributed by atoms with Gasteiger partial charge in [-0.05, 0) is 48.6 Å². The highest BCUT2D eigenvalue weighted by atomic mass is 16.5. The number of hydrogen-bond acceptors (Lipinski definition) is 3. The zero-order chi connectivity index (χ0) is 19.1. The van der Waals surface area contributed by atoms with Crippen LogP contribution in [0.4, 0.5) is 5.69 Å². The smallest absolute Gasteiger partial charge is 0.331 e. The molecule has 0 spiro atoms. The van der Waals surface area contributed by atoms with Crippen molar-refractivity contribution in [1.29, 1.82) is 0 Å². The van der Waals surface area contributed by atoms with Crippen LogP contribution in [-0.2, 0) is 14.3 Å². The number of ether oxygens (including phenoxy) is 1. The number of esters is 1. The number of hydrogen-bond donors (Lipinski definition) is 1. The number of carbonyl (C=O) groups is 2. The van der Waals surface area contributed by atoms with Gasteiger partial charge in [-0.15, -0.1) is 0 Å². The van der Waals surface area contributed by atoms with Crippen molar-refractivity contribution in [3.8, 4) is 0 Å². The molecule has 4 heteroatoms. The minimum Gasteiger partial charge on any atom is -0.449 e. The molecule has 2 aromatic carbocycles. The molecule has 0 unspecified atom stereocenters. The average molecular weight is 351 g/mol. The molecule has 2 rings (SSSR count). The third-order valence-corrected chi connectivity index (χ3v) is 4.09. The fraction of sp³-hybridized carbons (Fsp3) is 0.273. The van der Waals surface area contributed by atoms with Gasteiger partial charge in [0, 0.05) is 11.8 Å². The van der Waals surface area contributed by atoms with Crippen molar-refractivity contribution < 1.29 is 14.3 Å². The largest absolute Gasteiger partial charge is 0.449 e. The van der Waals surface area contributed by atoms with Gasteiger partial charge in [0.15, 0.2) is 6.10 Å². The summed E-state index contributed by atoms with van der Waals surface area (Å²) >= 11 is 0. The molecule has 4 nitrogen and oxygen atoms in total. The summed E-state index contributed by atoms with van der Waals surface area (Å²) in [5.74, 6) is -0.620. The lowest BCUT2D eigenvalue weighted by Crippen LogP contribution is -2.29. The molecule has 0 bridgehead atoms. The van der Waals surface area contributed by atoms with E-state index in [0.717, 1.165) is 22.4 Å². The highest BCUT2D eigenvalue weighted by molar-refractivity contribution is 5.97. The van der Waals surface area contributed by atoms with Gasteiger partial charge in [-0.25, -0.2) is 4.79 Å². The Bertz CT molecular complexity index is 809. The van der Waals surface area contributed by atoms with Crippen molar-refractivity contribution in [2.45, 2.75) is 39.7 Å². The Morgan fingerprint density at radius 2 is 1.65 bits per heavy atom. The van der Waals surface area contributed by atoms with Gasteiger partial charge in [0.05, 0.1) is 0 Å². The lowest BCUT2D eigenvalue weighted by atomic mass is 10.0. The molecule has 0 radical (unpaired) electrons. The summed E-state index contributed by atoms with van der Waals surface area (Å²) in [4.78, 5) is 24.3. The Morgan fingerprint density at radius 1 is 1.00 bits per heavy atom. The fourth-order valence-electron chi connectivity index (χ4n) is 2.55. The van der Waals surface area contributed by atoms with Crippen molar-refractivity contribution in [2.75, 3.05) is 5.32 Å². The summed E-state index contributed by atoms with van der Waals surface area (Å²) in [5.41, 5.74) is 3.78. The van der Waals surface area contributed by atoms with Crippen molar-refractivity contribution >= 4 is 23.6 Å². The van der Waals surface area contributed by atoms with E-state index in [0.29, 0.717) is 0 Å². The molecule has 1 N–H and O–H groups in total. The molecule has 0 aliphatic heterocycles. The lowest BCUT2D eigenvalue weighted by molar-refractivity contribution is -0.148. The van der Waals surface area contributed by atoms with Gasteiger partial charge < -0.3 is 10.1 Å². The van der Waals surface area contributed by atoms with Crippen LogP contribution in [0.25, 0.3) is 6.08 Å². The quantitative estimate of drug-likeness (QED) is 0.606.